The van der Waals surface area contributed by atoms with Gasteiger partial charge in [-0.1, -0.05) is 6.92 Å². The zero-order valence-corrected chi connectivity index (χ0v) is 12.8. The molecule has 21 heavy (non-hydrogen) atoms. The van der Waals surface area contributed by atoms with Crippen molar-refractivity contribution in [2.24, 2.45) is 7.05 Å². The van der Waals surface area contributed by atoms with Gasteiger partial charge in [0.15, 0.2) is 0 Å². The van der Waals surface area contributed by atoms with E-state index in [1.165, 1.54) is 0 Å². The van der Waals surface area contributed by atoms with Gasteiger partial charge in [-0.25, -0.2) is 0 Å². The van der Waals surface area contributed by atoms with Gasteiger partial charge in [0, 0.05) is 24.8 Å². The van der Waals surface area contributed by atoms with Gasteiger partial charge in [-0.05, 0) is 31.9 Å². The molecule has 6 heteroatoms. The molecule has 0 aliphatic rings. The van der Waals surface area contributed by atoms with Crippen LogP contribution in [-0.2, 0) is 20.0 Å². The molecule has 2 aromatic heterocycles. The van der Waals surface area contributed by atoms with E-state index < -0.39 is 0 Å². The Labute approximate surface area is 123 Å². The van der Waals surface area contributed by atoms with Crippen LogP contribution in [0, 0.1) is 13.8 Å². The summed E-state index contributed by atoms with van der Waals surface area (Å²) in [6, 6.07) is 1.89. The van der Waals surface area contributed by atoms with Gasteiger partial charge in [0.2, 0.25) is 0 Å². The highest BCUT2D eigenvalue weighted by molar-refractivity contribution is 5.95. The first-order valence-electron chi connectivity index (χ1n) is 6.92. The Morgan fingerprint density at radius 3 is 2.76 bits per heavy atom. The third-order valence-electron chi connectivity index (χ3n) is 3.56. The lowest BCUT2D eigenvalue weighted by Gasteiger charge is -2.08. The maximum atomic E-state index is 12.2. The Kier molecular flexibility index (Phi) is 4.26. The van der Waals surface area contributed by atoms with Crippen molar-refractivity contribution >= 4 is 5.91 Å². The zero-order valence-electron chi connectivity index (χ0n) is 12.8. The van der Waals surface area contributed by atoms with Crippen molar-refractivity contribution in [3.05, 3.63) is 50.7 Å². The number of nitrogens with zero attached hydrogens (tertiary/aromatic N) is 2. The van der Waals surface area contributed by atoms with Crippen molar-refractivity contribution in [1.29, 1.82) is 0 Å². The summed E-state index contributed by atoms with van der Waals surface area (Å²) in [6.07, 6.45) is 2.28. The van der Waals surface area contributed by atoms with E-state index in [1.807, 2.05) is 33.9 Å². The van der Waals surface area contributed by atoms with Crippen molar-refractivity contribution in [2.45, 2.75) is 33.7 Å². The van der Waals surface area contributed by atoms with Crippen molar-refractivity contribution < 1.29 is 4.79 Å². The molecule has 2 heterocycles. The quantitative estimate of drug-likeness (QED) is 0.887. The Bertz CT molecular complexity index is 728. The molecule has 0 atom stereocenters. The normalized spacial score (nSPS) is 10.7. The molecule has 1 amide bonds. The standard InChI is InChI=1S/C15H20N4O2/c1-5-13-12(8-17-19(13)4)14(20)16-7-11-9(2)6-10(3)18-15(11)21/h6,8H,5,7H2,1-4H3,(H,16,20)(H,18,21). The summed E-state index contributed by atoms with van der Waals surface area (Å²) in [5, 5.41) is 6.89. The maximum Gasteiger partial charge on any atom is 0.255 e. The molecule has 0 saturated heterocycles. The molecule has 0 aliphatic carbocycles. The minimum Gasteiger partial charge on any atom is -0.348 e. The number of carbonyl (C=O) groups excluding carboxylic acids is 1. The number of hydrogen-bond acceptors (Lipinski definition) is 3. The van der Waals surface area contributed by atoms with Crippen LogP contribution in [0.4, 0.5) is 0 Å². The Morgan fingerprint density at radius 2 is 2.14 bits per heavy atom. The number of aromatic nitrogens is 3. The number of rotatable bonds is 4. The lowest BCUT2D eigenvalue weighted by Crippen LogP contribution is -2.28. The molecule has 0 spiro atoms. The van der Waals surface area contributed by atoms with Crippen LogP contribution in [0.2, 0.25) is 0 Å². The van der Waals surface area contributed by atoms with Crippen LogP contribution < -0.4 is 10.9 Å². The second kappa shape index (κ2) is 5.95. The van der Waals surface area contributed by atoms with E-state index in [4.69, 9.17) is 0 Å². The van der Waals surface area contributed by atoms with Gasteiger partial charge in [-0.3, -0.25) is 14.3 Å². The minimum absolute atomic E-state index is 0.158. The fraction of sp³-hybridized carbons (Fsp3) is 0.400. The lowest BCUT2D eigenvalue weighted by atomic mass is 10.1. The number of pyridine rings is 1. The summed E-state index contributed by atoms with van der Waals surface area (Å²) in [7, 11) is 1.81. The van der Waals surface area contributed by atoms with E-state index in [1.54, 1.807) is 10.9 Å². The molecule has 0 fully saturated rings. The van der Waals surface area contributed by atoms with E-state index >= 15 is 0 Å². The van der Waals surface area contributed by atoms with Crippen LogP contribution in [0.5, 0.6) is 0 Å². The lowest BCUT2D eigenvalue weighted by molar-refractivity contribution is 0.0949. The molecule has 0 bridgehead atoms. The van der Waals surface area contributed by atoms with E-state index in [0.29, 0.717) is 11.1 Å². The van der Waals surface area contributed by atoms with Crippen LogP contribution in [0.3, 0.4) is 0 Å². The van der Waals surface area contributed by atoms with E-state index in [2.05, 4.69) is 15.4 Å². The van der Waals surface area contributed by atoms with Crippen molar-refractivity contribution in [3.8, 4) is 0 Å². The molecule has 2 N–H and O–H groups in total. The molecule has 0 radical (unpaired) electrons. The summed E-state index contributed by atoms with van der Waals surface area (Å²) in [4.78, 5) is 26.9. The number of H-pyrrole nitrogens is 1. The highest BCUT2D eigenvalue weighted by Gasteiger charge is 2.15. The third kappa shape index (κ3) is 3.04. The SMILES string of the molecule is CCc1c(C(=O)NCc2c(C)cc(C)[nH]c2=O)cnn1C. The van der Waals surface area contributed by atoms with Gasteiger partial charge in [-0.2, -0.15) is 5.10 Å². The van der Waals surface area contributed by atoms with Crippen LogP contribution >= 0.6 is 0 Å². The van der Waals surface area contributed by atoms with Crippen molar-refractivity contribution in [2.75, 3.05) is 0 Å². The Hall–Kier alpha value is -2.37. The van der Waals surface area contributed by atoms with E-state index in [0.717, 1.165) is 23.4 Å². The number of aromatic amines is 1. The number of aryl methyl sites for hydroxylation is 3. The van der Waals surface area contributed by atoms with Crippen LogP contribution in [0.1, 0.15) is 39.8 Å². The fourth-order valence-electron chi connectivity index (χ4n) is 2.44. The summed E-state index contributed by atoms with van der Waals surface area (Å²) >= 11 is 0. The van der Waals surface area contributed by atoms with Crippen LogP contribution in [-0.4, -0.2) is 20.7 Å². The topological polar surface area (TPSA) is 79.8 Å². The van der Waals surface area contributed by atoms with Crippen molar-refractivity contribution in [3.63, 3.8) is 0 Å². The molecule has 2 rings (SSSR count). The van der Waals surface area contributed by atoms with E-state index in [9.17, 15) is 9.59 Å². The molecule has 0 unspecified atom stereocenters. The van der Waals surface area contributed by atoms with Crippen molar-refractivity contribution in [1.82, 2.24) is 20.1 Å². The largest absolute Gasteiger partial charge is 0.348 e. The monoisotopic (exact) mass is 288 g/mol. The fourth-order valence-corrected chi connectivity index (χ4v) is 2.44. The number of hydrogen-bond donors (Lipinski definition) is 2. The molecule has 112 valence electrons. The van der Waals surface area contributed by atoms with Crippen LogP contribution in [0.15, 0.2) is 17.1 Å². The molecule has 0 aromatic carbocycles. The van der Waals surface area contributed by atoms with Crippen LogP contribution in [0.25, 0.3) is 0 Å². The highest BCUT2D eigenvalue weighted by atomic mass is 16.2. The number of amides is 1. The minimum atomic E-state index is -0.209. The smallest absolute Gasteiger partial charge is 0.255 e. The summed E-state index contributed by atoms with van der Waals surface area (Å²) in [5.74, 6) is -0.209. The number of nitrogens with one attached hydrogen (secondary N) is 2. The molecule has 2 aromatic rings. The maximum absolute atomic E-state index is 12.2. The van der Waals surface area contributed by atoms with E-state index in [-0.39, 0.29) is 18.0 Å². The first-order chi connectivity index (χ1) is 9.93. The molecular formula is C15H20N4O2. The predicted molar refractivity (Wildman–Crippen MR) is 80.3 cm³/mol. The summed E-state index contributed by atoms with van der Waals surface area (Å²) in [6.45, 7) is 5.88. The third-order valence-corrected chi connectivity index (χ3v) is 3.56. The second-order valence-corrected chi connectivity index (χ2v) is 5.11. The molecule has 0 aliphatic heterocycles. The average molecular weight is 288 g/mol. The second-order valence-electron chi connectivity index (χ2n) is 5.11. The zero-order chi connectivity index (χ0) is 15.6. The van der Waals surface area contributed by atoms with Gasteiger partial charge in [0.05, 0.1) is 17.5 Å². The summed E-state index contributed by atoms with van der Waals surface area (Å²) < 4.78 is 1.69. The summed E-state index contributed by atoms with van der Waals surface area (Å²) in [5.41, 5.74) is 3.54. The molecule has 6 nitrogen and oxygen atoms in total. The number of carbonyl (C=O) groups is 1. The Morgan fingerprint density at radius 1 is 1.43 bits per heavy atom. The molecular weight excluding hydrogens is 268 g/mol. The van der Waals surface area contributed by atoms with Gasteiger partial charge < -0.3 is 10.3 Å². The predicted octanol–water partition coefficient (Wildman–Crippen LogP) is 1.22. The first-order valence-corrected chi connectivity index (χ1v) is 6.92. The first kappa shape index (κ1) is 15.0. The molecule has 0 saturated carbocycles. The average Bonchev–Trinajstić information content (AvgIpc) is 2.78. The highest BCUT2D eigenvalue weighted by Crippen LogP contribution is 2.09. The van der Waals surface area contributed by atoms with Gasteiger partial charge in [-0.15, -0.1) is 0 Å². The van der Waals surface area contributed by atoms with Gasteiger partial charge in [0.1, 0.15) is 0 Å². The Balaban J connectivity index is 2.17. The van der Waals surface area contributed by atoms with Gasteiger partial charge >= 0.3 is 0 Å². The van der Waals surface area contributed by atoms with Gasteiger partial charge in [0.25, 0.3) is 11.5 Å².